The molecule has 3 rings (SSSR count). The van der Waals surface area contributed by atoms with Crippen LogP contribution in [0.1, 0.15) is 16.7 Å². The van der Waals surface area contributed by atoms with Gasteiger partial charge in [-0.2, -0.15) is 11.3 Å². The summed E-state index contributed by atoms with van der Waals surface area (Å²) in [5, 5.41) is 10.7. The highest BCUT2D eigenvalue weighted by atomic mass is 32.1. The van der Waals surface area contributed by atoms with Crippen molar-refractivity contribution in [3.63, 3.8) is 0 Å². The van der Waals surface area contributed by atoms with Gasteiger partial charge in [0.1, 0.15) is 0 Å². The molecule has 0 aliphatic carbocycles. The first kappa shape index (κ1) is 16.0. The molecule has 0 saturated heterocycles. The van der Waals surface area contributed by atoms with Gasteiger partial charge in [-0.15, -0.1) is 0 Å². The van der Waals surface area contributed by atoms with Crippen LogP contribution in [0.5, 0.6) is 0 Å². The summed E-state index contributed by atoms with van der Waals surface area (Å²) >= 11 is 1.69. The molecule has 1 unspecified atom stereocenters. The third kappa shape index (κ3) is 4.33. The lowest BCUT2D eigenvalue weighted by molar-refractivity contribution is 0.202. The summed E-state index contributed by atoms with van der Waals surface area (Å²) in [4.78, 5) is 14.0. The number of amides is 2. The van der Waals surface area contributed by atoms with Crippen molar-refractivity contribution < 1.29 is 4.79 Å². The maximum atomic E-state index is 12.2. The third-order valence-corrected chi connectivity index (χ3v) is 5.01. The lowest BCUT2D eigenvalue weighted by Gasteiger charge is -2.29. The number of hydrogen-bond donors (Lipinski definition) is 2. The number of thiophene rings is 1. The Morgan fingerprint density at radius 2 is 2.17 bits per heavy atom. The molecule has 122 valence electrons. The molecule has 1 aromatic heterocycles. The average Bonchev–Trinajstić information content (AvgIpc) is 3.08. The number of carbonyl (C=O) groups is 1. The molecule has 2 heterocycles. The van der Waals surface area contributed by atoms with E-state index in [9.17, 15) is 4.79 Å². The number of urea groups is 1. The molecule has 0 saturated carbocycles. The number of benzene rings is 1. The number of nitrogens with zero attached hydrogens (tertiary/aromatic N) is 1. The predicted molar refractivity (Wildman–Crippen MR) is 94.8 cm³/mol. The van der Waals surface area contributed by atoms with Crippen molar-refractivity contribution in [3.05, 3.63) is 57.8 Å². The Kier molecular flexibility index (Phi) is 5.31. The van der Waals surface area contributed by atoms with E-state index in [4.69, 9.17) is 0 Å². The molecule has 4 nitrogen and oxygen atoms in total. The molecule has 0 bridgehead atoms. The number of fused-ring (bicyclic) bond motifs is 1. The number of rotatable bonds is 5. The standard InChI is InChI=1S/C18H23N3OS/c1-21(18(22)19-8-6-14-7-9-23-13-14)12-17-10-15-4-2-3-5-16(15)11-20-17/h2-5,7,9,13,17,20H,6,8,10-12H2,1H3,(H,19,22). The van der Waals surface area contributed by atoms with Crippen LogP contribution >= 0.6 is 11.3 Å². The van der Waals surface area contributed by atoms with Gasteiger partial charge in [-0.1, -0.05) is 24.3 Å². The van der Waals surface area contributed by atoms with Gasteiger partial charge in [0.25, 0.3) is 0 Å². The Morgan fingerprint density at radius 3 is 2.96 bits per heavy atom. The fourth-order valence-corrected chi connectivity index (χ4v) is 3.65. The largest absolute Gasteiger partial charge is 0.338 e. The summed E-state index contributed by atoms with van der Waals surface area (Å²) in [5.74, 6) is 0. The Morgan fingerprint density at radius 1 is 1.35 bits per heavy atom. The molecule has 0 radical (unpaired) electrons. The van der Waals surface area contributed by atoms with Crippen molar-refractivity contribution >= 4 is 17.4 Å². The Balaban J connectivity index is 1.43. The molecule has 1 aliphatic heterocycles. The van der Waals surface area contributed by atoms with Gasteiger partial charge in [-0.05, 0) is 46.4 Å². The Bertz CT molecular complexity index is 641. The van der Waals surface area contributed by atoms with Crippen molar-refractivity contribution in [1.82, 2.24) is 15.5 Å². The summed E-state index contributed by atoms with van der Waals surface area (Å²) in [6.07, 6.45) is 1.86. The maximum Gasteiger partial charge on any atom is 0.317 e. The van der Waals surface area contributed by atoms with E-state index in [2.05, 4.69) is 51.7 Å². The normalized spacial score (nSPS) is 16.7. The van der Waals surface area contributed by atoms with E-state index in [1.54, 1.807) is 16.2 Å². The summed E-state index contributed by atoms with van der Waals surface area (Å²) in [5.41, 5.74) is 4.04. The van der Waals surface area contributed by atoms with Crippen molar-refractivity contribution in [2.45, 2.75) is 25.4 Å². The topological polar surface area (TPSA) is 44.4 Å². The highest BCUT2D eigenvalue weighted by molar-refractivity contribution is 7.07. The van der Waals surface area contributed by atoms with Crippen LogP contribution < -0.4 is 10.6 Å². The molecule has 5 heteroatoms. The van der Waals surface area contributed by atoms with Crippen molar-refractivity contribution in [2.75, 3.05) is 20.1 Å². The SMILES string of the molecule is CN(CC1Cc2ccccc2CN1)C(=O)NCCc1ccsc1. The van der Waals surface area contributed by atoms with Gasteiger partial charge in [0.15, 0.2) is 0 Å². The van der Waals surface area contributed by atoms with Crippen LogP contribution in [-0.2, 0) is 19.4 Å². The molecule has 0 fully saturated rings. The highest BCUT2D eigenvalue weighted by Gasteiger charge is 2.20. The highest BCUT2D eigenvalue weighted by Crippen LogP contribution is 2.16. The minimum absolute atomic E-state index is 0.000822. The monoisotopic (exact) mass is 329 g/mol. The van der Waals surface area contributed by atoms with Crippen LogP contribution in [0.25, 0.3) is 0 Å². The van der Waals surface area contributed by atoms with Crippen molar-refractivity contribution in [2.24, 2.45) is 0 Å². The van der Waals surface area contributed by atoms with E-state index in [1.165, 1.54) is 16.7 Å². The average molecular weight is 329 g/mol. The van der Waals surface area contributed by atoms with Crippen LogP contribution in [0.15, 0.2) is 41.1 Å². The van der Waals surface area contributed by atoms with Gasteiger partial charge in [-0.3, -0.25) is 0 Å². The summed E-state index contributed by atoms with van der Waals surface area (Å²) < 4.78 is 0. The van der Waals surface area contributed by atoms with Crippen LogP contribution in [0, 0.1) is 0 Å². The summed E-state index contributed by atoms with van der Waals surface area (Å²) in [7, 11) is 1.86. The van der Waals surface area contributed by atoms with Gasteiger partial charge < -0.3 is 15.5 Å². The van der Waals surface area contributed by atoms with Crippen LogP contribution in [-0.4, -0.2) is 37.1 Å². The van der Waals surface area contributed by atoms with E-state index >= 15 is 0 Å². The lowest BCUT2D eigenvalue weighted by atomic mass is 9.96. The predicted octanol–water partition coefficient (Wildman–Crippen LogP) is 2.65. The van der Waals surface area contributed by atoms with E-state index in [0.29, 0.717) is 12.6 Å². The quantitative estimate of drug-likeness (QED) is 0.886. The molecule has 2 aromatic rings. The molecule has 1 aliphatic rings. The molecule has 1 atom stereocenters. The van der Waals surface area contributed by atoms with E-state index < -0.39 is 0 Å². The fourth-order valence-electron chi connectivity index (χ4n) is 2.95. The fraction of sp³-hybridized carbons (Fsp3) is 0.389. The van der Waals surface area contributed by atoms with Crippen LogP contribution in [0.3, 0.4) is 0 Å². The molecular weight excluding hydrogens is 306 g/mol. The minimum Gasteiger partial charge on any atom is -0.338 e. The van der Waals surface area contributed by atoms with Gasteiger partial charge >= 0.3 is 6.03 Å². The molecule has 2 amide bonds. The zero-order chi connectivity index (χ0) is 16.1. The number of likely N-dealkylation sites (N-methyl/N-ethyl adjacent to an activating group) is 1. The minimum atomic E-state index is 0.000822. The van der Waals surface area contributed by atoms with Crippen molar-refractivity contribution in [3.8, 4) is 0 Å². The molecule has 2 N–H and O–H groups in total. The first-order valence-corrected chi connectivity index (χ1v) is 8.97. The van der Waals surface area contributed by atoms with E-state index in [1.807, 2.05) is 7.05 Å². The second kappa shape index (κ2) is 7.62. The van der Waals surface area contributed by atoms with Crippen LogP contribution in [0.2, 0.25) is 0 Å². The Hall–Kier alpha value is -1.85. The molecule has 0 spiro atoms. The van der Waals surface area contributed by atoms with E-state index in [-0.39, 0.29) is 6.03 Å². The third-order valence-electron chi connectivity index (χ3n) is 4.28. The second-order valence-corrected chi connectivity index (χ2v) is 6.82. The number of carbonyl (C=O) groups excluding carboxylic acids is 1. The first-order valence-electron chi connectivity index (χ1n) is 8.02. The molecule has 23 heavy (non-hydrogen) atoms. The number of nitrogens with one attached hydrogen (secondary N) is 2. The van der Waals surface area contributed by atoms with Gasteiger partial charge in [0.05, 0.1) is 0 Å². The van der Waals surface area contributed by atoms with Crippen LogP contribution in [0.4, 0.5) is 4.79 Å². The van der Waals surface area contributed by atoms with Gasteiger partial charge in [0.2, 0.25) is 0 Å². The zero-order valence-electron chi connectivity index (χ0n) is 13.4. The lowest BCUT2D eigenvalue weighted by Crippen LogP contribution is -2.48. The van der Waals surface area contributed by atoms with Gasteiger partial charge in [0, 0.05) is 32.7 Å². The summed E-state index contributed by atoms with van der Waals surface area (Å²) in [6, 6.07) is 10.9. The smallest absolute Gasteiger partial charge is 0.317 e. The van der Waals surface area contributed by atoms with E-state index in [0.717, 1.165) is 25.9 Å². The zero-order valence-corrected chi connectivity index (χ0v) is 14.2. The second-order valence-electron chi connectivity index (χ2n) is 6.04. The van der Waals surface area contributed by atoms with Gasteiger partial charge in [-0.25, -0.2) is 4.79 Å². The molecule has 1 aromatic carbocycles. The number of hydrogen-bond acceptors (Lipinski definition) is 3. The molecular formula is C18H23N3OS. The maximum absolute atomic E-state index is 12.2. The first-order chi connectivity index (χ1) is 11.2. The van der Waals surface area contributed by atoms with Crippen molar-refractivity contribution in [1.29, 1.82) is 0 Å². The Labute approximate surface area is 141 Å². The summed E-state index contributed by atoms with van der Waals surface area (Å²) in [6.45, 7) is 2.29.